The van der Waals surface area contributed by atoms with Gasteiger partial charge in [-0.3, -0.25) is 0 Å². The zero-order chi connectivity index (χ0) is 10.8. The first kappa shape index (κ1) is 10.2. The first-order valence-electron chi connectivity index (χ1n) is 5.71. The third-order valence-electron chi connectivity index (χ3n) is 3.21. The molecule has 0 fully saturated rings. The molecule has 0 radical (unpaired) electrons. The first-order chi connectivity index (χ1) is 7.22. The molecule has 0 saturated heterocycles. The Morgan fingerprint density at radius 1 is 1.13 bits per heavy atom. The van der Waals surface area contributed by atoms with Crippen LogP contribution in [0.15, 0.2) is 36.4 Å². The molecule has 0 aromatic heterocycles. The van der Waals surface area contributed by atoms with Crippen molar-refractivity contribution in [1.82, 2.24) is 0 Å². The van der Waals surface area contributed by atoms with Gasteiger partial charge in [0.05, 0.1) is 0 Å². The van der Waals surface area contributed by atoms with Crippen molar-refractivity contribution in [3.8, 4) is 0 Å². The van der Waals surface area contributed by atoms with Gasteiger partial charge in [-0.15, -0.1) is 0 Å². The Bertz CT molecular complexity index is 468. The van der Waals surface area contributed by atoms with Crippen molar-refractivity contribution in [2.75, 3.05) is 0 Å². The van der Waals surface area contributed by atoms with Gasteiger partial charge in [-0.1, -0.05) is 55.8 Å². The molecule has 0 bridgehead atoms. The fourth-order valence-electron chi connectivity index (χ4n) is 2.08. The van der Waals surface area contributed by atoms with Gasteiger partial charge in [-0.2, -0.15) is 0 Å². The van der Waals surface area contributed by atoms with Crippen LogP contribution in [0, 0.1) is 6.92 Å². The summed E-state index contributed by atoms with van der Waals surface area (Å²) in [5, 5.41) is 2.78. The summed E-state index contributed by atoms with van der Waals surface area (Å²) in [7, 11) is 0. The van der Waals surface area contributed by atoms with Gasteiger partial charge >= 0.3 is 0 Å². The predicted molar refractivity (Wildman–Crippen MR) is 67.4 cm³/mol. The molecular weight excluding hydrogens is 180 g/mol. The monoisotopic (exact) mass is 198 g/mol. The molecule has 15 heavy (non-hydrogen) atoms. The van der Waals surface area contributed by atoms with Crippen molar-refractivity contribution in [3.05, 3.63) is 47.5 Å². The Labute approximate surface area is 91.9 Å². The van der Waals surface area contributed by atoms with Crippen molar-refractivity contribution in [1.29, 1.82) is 0 Å². The van der Waals surface area contributed by atoms with E-state index in [1.165, 1.54) is 28.3 Å². The van der Waals surface area contributed by atoms with Crippen molar-refractivity contribution >= 4 is 10.8 Å². The molecule has 2 rings (SSSR count). The highest BCUT2D eigenvalue weighted by molar-refractivity contribution is 5.86. The number of fused-ring (bicyclic) bond motifs is 1. The van der Waals surface area contributed by atoms with Gasteiger partial charge in [-0.25, -0.2) is 0 Å². The highest BCUT2D eigenvalue weighted by Gasteiger charge is 2.06. The van der Waals surface area contributed by atoms with E-state index in [0.29, 0.717) is 5.92 Å². The highest BCUT2D eigenvalue weighted by atomic mass is 14.1. The Morgan fingerprint density at radius 2 is 1.93 bits per heavy atom. The molecule has 0 heteroatoms. The van der Waals surface area contributed by atoms with Crippen LogP contribution < -0.4 is 0 Å². The van der Waals surface area contributed by atoms with Crippen molar-refractivity contribution < 1.29 is 0 Å². The molecule has 1 unspecified atom stereocenters. The molecule has 0 amide bonds. The predicted octanol–water partition coefficient (Wildman–Crippen LogP) is 4.66. The lowest BCUT2D eigenvalue weighted by molar-refractivity contribution is 0.739. The molecule has 0 aliphatic rings. The lowest BCUT2D eigenvalue weighted by Crippen LogP contribution is -1.92. The Kier molecular flexibility index (Phi) is 2.77. The number of rotatable bonds is 2. The molecule has 0 aliphatic heterocycles. The third-order valence-corrected chi connectivity index (χ3v) is 3.21. The maximum absolute atomic E-state index is 2.30. The van der Waals surface area contributed by atoms with Crippen LogP contribution in [0.2, 0.25) is 0 Å². The van der Waals surface area contributed by atoms with Crippen molar-refractivity contribution in [2.45, 2.75) is 33.1 Å². The molecule has 0 aliphatic carbocycles. The van der Waals surface area contributed by atoms with Crippen LogP contribution in [0.3, 0.4) is 0 Å². The summed E-state index contributed by atoms with van der Waals surface area (Å²) < 4.78 is 0. The average molecular weight is 198 g/mol. The van der Waals surface area contributed by atoms with Gasteiger partial charge in [-0.05, 0) is 35.6 Å². The van der Waals surface area contributed by atoms with E-state index < -0.39 is 0 Å². The summed E-state index contributed by atoms with van der Waals surface area (Å²) in [6.45, 7) is 6.70. The summed E-state index contributed by atoms with van der Waals surface area (Å²) in [6, 6.07) is 13.4. The molecule has 2 aromatic rings. The largest absolute Gasteiger partial charge is 0.0648 e. The fourth-order valence-corrected chi connectivity index (χ4v) is 2.08. The molecule has 0 saturated carbocycles. The standard InChI is InChI=1S/C15H18/c1-4-12(3)14-7-5-6-13-10-11(2)8-9-15(13)14/h5-10,12H,4H2,1-3H3. The maximum atomic E-state index is 2.30. The van der Waals surface area contributed by atoms with Gasteiger partial charge in [0.2, 0.25) is 0 Å². The second-order valence-corrected chi connectivity index (χ2v) is 4.38. The van der Waals surface area contributed by atoms with E-state index in [1.807, 2.05) is 0 Å². The van der Waals surface area contributed by atoms with Gasteiger partial charge in [0.1, 0.15) is 0 Å². The van der Waals surface area contributed by atoms with Gasteiger partial charge in [0.15, 0.2) is 0 Å². The third kappa shape index (κ3) is 1.90. The molecule has 0 spiro atoms. The topological polar surface area (TPSA) is 0 Å². The van der Waals surface area contributed by atoms with Crippen LogP contribution in [0.5, 0.6) is 0 Å². The van der Waals surface area contributed by atoms with Crippen LogP contribution in [0.25, 0.3) is 10.8 Å². The number of benzene rings is 2. The first-order valence-corrected chi connectivity index (χ1v) is 5.71. The Hall–Kier alpha value is -1.30. The fraction of sp³-hybridized carbons (Fsp3) is 0.333. The molecule has 0 N–H and O–H groups in total. The number of hydrogen-bond donors (Lipinski definition) is 0. The molecule has 2 aromatic carbocycles. The zero-order valence-electron chi connectivity index (χ0n) is 9.75. The smallest absolute Gasteiger partial charge is 0.0149 e. The van der Waals surface area contributed by atoms with E-state index >= 15 is 0 Å². The Balaban J connectivity index is 2.66. The number of aryl methyl sites for hydroxylation is 1. The van der Waals surface area contributed by atoms with Gasteiger partial charge < -0.3 is 0 Å². The van der Waals surface area contributed by atoms with Gasteiger partial charge in [0.25, 0.3) is 0 Å². The second kappa shape index (κ2) is 4.06. The summed E-state index contributed by atoms with van der Waals surface area (Å²) in [5.41, 5.74) is 2.82. The summed E-state index contributed by atoms with van der Waals surface area (Å²) in [6.07, 6.45) is 1.20. The highest BCUT2D eigenvalue weighted by Crippen LogP contribution is 2.27. The summed E-state index contributed by atoms with van der Waals surface area (Å²) >= 11 is 0. The molecule has 0 nitrogen and oxygen atoms in total. The minimum absolute atomic E-state index is 0.649. The summed E-state index contributed by atoms with van der Waals surface area (Å²) in [4.78, 5) is 0. The van der Waals surface area contributed by atoms with E-state index in [1.54, 1.807) is 0 Å². The van der Waals surface area contributed by atoms with Crippen molar-refractivity contribution in [2.24, 2.45) is 0 Å². The van der Waals surface area contributed by atoms with Crippen LogP contribution in [-0.2, 0) is 0 Å². The quantitative estimate of drug-likeness (QED) is 0.658. The Morgan fingerprint density at radius 3 is 2.67 bits per heavy atom. The maximum Gasteiger partial charge on any atom is -0.0149 e. The van der Waals surface area contributed by atoms with E-state index in [0.717, 1.165) is 0 Å². The van der Waals surface area contributed by atoms with E-state index in [-0.39, 0.29) is 0 Å². The zero-order valence-corrected chi connectivity index (χ0v) is 9.75. The van der Waals surface area contributed by atoms with E-state index in [2.05, 4.69) is 57.2 Å². The van der Waals surface area contributed by atoms with Crippen LogP contribution in [0.1, 0.15) is 37.3 Å². The summed E-state index contributed by atoms with van der Waals surface area (Å²) in [5.74, 6) is 0.649. The lowest BCUT2D eigenvalue weighted by atomic mass is 9.92. The molecule has 0 heterocycles. The van der Waals surface area contributed by atoms with Crippen LogP contribution in [0.4, 0.5) is 0 Å². The lowest BCUT2D eigenvalue weighted by Gasteiger charge is -2.12. The SMILES string of the molecule is CCC(C)c1cccc2cc(C)ccc12. The molecular formula is C15H18. The van der Waals surface area contributed by atoms with Crippen LogP contribution >= 0.6 is 0 Å². The number of hydrogen-bond acceptors (Lipinski definition) is 0. The van der Waals surface area contributed by atoms with E-state index in [4.69, 9.17) is 0 Å². The van der Waals surface area contributed by atoms with Crippen LogP contribution in [-0.4, -0.2) is 0 Å². The minimum Gasteiger partial charge on any atom is -0.0648 e. The second-order valence-electron chi connectivity index (χ2n) is 4.38. The normalized spacial score (nSPS) is 13.0. The minimum atomic E-state index is 0.649. The van der Waals surface area contributed by atoms with Crippen molar-refractivity contribution in [3.63, 3.8) is 0 Å². The van der Waals surface area contributed by atoms with Gasteiger partial charge in [0, 0.05) is 0 Å². The molecule has 78 valence electrons. The molecule has 1 atom stereocenters. The average Bonchev–Trinajstić information content (AvgIpc) is 2.26. The van der Waals surface area contributed by atoms with E-state index in [9.17, 15) is 0 Å².